The molecule has 3 aromatic rings. The van der Waals surface area contributed by atoms with Gasteiger partial charge in [0.25, 0.3) is 5.56 Å². The highest BCUT2D eigenvalue weighted by Gasteiger charge is 2.31. The molecule has 0 aliphatic carbocycles. The first-order valence-electron chi connectivity index (χ1n) is 8.59. The number of pyridine rings is 2. The van der Waals surface area contributed by atoms with Gasteiger partial charge >= 0.3 is 0 Å². The van der Waals surface area contributed by atoms with Crippen molar-refractivity contribution in [1.82, 2.24) is 19.5 Å². The summed E-state index contributed by atoms with van der Waals surface area (Å²) in [6.07, 6.45) is 5.01. The third-order valence-electron chi connectivity index (χ3n) is 5.05. The van der Waals surface area contributed by atoms with E-state index in [-0.39, 0.29) is 5.56 Å². The van der Waals surface area contributed by atoms with Gasteiger partial charge in [0, 0.05) is 30.9 Å². The average Bonchev–Trinajstić information content (AvgIpc) is 2.82. The molecular formula is C19H19FN4O. The third kappa shape index (κ3) is 2.81. The van der Waals surface area contributed by atoms with Crippen LogP contribution >= 0.6 is 0 Å². The van der Waals surface area contributed by atoms with Crippen LogP contribution < -0.4 is 5.56 Å². The van der Waals surface area contributed by atoms with E-state index in [9.17, 15) is 9.18 Å². The van der Waals surface area contributed by atoms with Gasteiger partial charge in [0.2, 0.25) is 0 Å². The largest absolute Gasteiger partial charge is 0.295 e. The first-order valence-corrected chi connectivity index (χ1v) is 8.59. The molecule has 0 bridgehead atoms. The van der Waals surface area contributed by atoms with Gasteiger partial charge in [-0.1, -0.05) is 13.0 Å². The van der Waals surface area contributed by atoms with Crippen LogP contribution in [0.5, 0.6) is 0 Å². The summed E-state index contributed by atoms with van der Waals surface area (Å²) in [6, 6.07) is 7.47. The second-order valence-corrected chi connectivity index (χ2v) is 6.55. The molecule has 1 aliphatic rings. The number of alkyl halides is 1. The van der Waals surface area contributed by atoms with Gasteiger partial charge in [-0.2, -0.15) is 0 Å². The minimum absolute atomic E-state index is 0.187. The van der Waals surface area contributed by atoms with Gasteiger partial charge < -0.3 is 0 Å². The molecule has 0 radical (unpaired) electrons. The average molecular weight is 338 g/mol. The van der Waals surface area contributed by atoms with Crippen molar-refractivity contribution in [1.29, 1.82) is 0 Å². The number of hydrogen-bond donors (Lipinski definition) is 0. The summed E-state index contributed by atoms with van der Waals surface area (Å²) in [5.41, 5.74) is 1.05. The quantitative estimate of drug-likeness (QED) is 0.719. The van der Waals surface area contributed by atoms with Crippen LogP contribution in [0.15, 0.2) is 41.5 Å². The van der Waals surface area contributed by atoms with E-state index in [1.807, 2.05) is 31.2 Å². The van der Waals surface area contributed by atoms with Crippen LogP contribution in [-0.4, -0.2) is 25.2 Å². The standard InChI is InChI=1S/C19H19FN4O/c1-2-19(20)7-6-16-23-15-11-13(14-5-3-4-9-21-14)12-22-17(15)18(25)24(16)10-8-19/h3-5,9,11-12H,2,6-8,10H2,1H3. The summed E-state index contributed by atoms with van der Waals surface area (Å²) in [5.74, 6) is 0.644. The van der Waals surface area contributed by atoms with Crippen molar-refractivity contribution in [2.75, 3.05) is 0 Å². The Balaban J connectivity index is 1.83. The molecule has 0 spiro atoms. The van der Waals surface area contributed by atoms with Crippen LogP contribution in [0.2, 0.25) is 0 Å². The highest BCUT2D eigenvalue weighted by atomic mass is 19.1. The normalized spacial score (nSPS) is 20.2. The summed E-state index contributed by atoms with van der Waals surface area (Å²) in [5, 5.41) is 0. The van der Waals surface area contributed by atoms with Crippen LogP contribution in [0.4, 0.5) is 4.39 Å². The van der Waals surface area contributed by atoms with E-state index in [1.165, 1.54) is 0 Å². The second-order valence-electron chi connectivity index (χ2n) is 6.55. The Bertz CT molecular complexity index is 986. The Morgan fingerprint density at radius 3 is 2.92 bits per heavy atom. The zero-order valence-electron chi connectivity index (χ0n) is 14.1. The van der Waals surface area contributed by atoms with Crippen LogP contribution in [0, 0.1) is 0 Å². The number of aryl methyl sites for hydroxylation is 1. The van der Waals surface area contributed by atoms with Gasteiger partial charge in [0.15, 0.2) is 5.52 Å². The number of rotatable bonds is 2. The van der Waals surface area contributed by atoms with Crippen molar-refractivity contribution in [3.63, 3.8) is 0 Å². The number of hydrogen-bond acceptors (Lipinski definition) is 4. The Kier molecular flexibility index (Phi) is 3.82. The molecule has 25 heavy (non-hydrogen) atoms. The molecule has 1 unspecified atom stereocenters. The number of halogens is 1. The molecule has 128 valence electrons. The van der Waals surface area contributed by atoms with E-state index in [0.717, 1.165) is 11.3 Å². The maximum Gasteiger partial charge on any atom is 0.280 e. The highest BCUT2D eigenvalue weighted by molar-refractivity contribution is 5.78. The van der Waals surface area contributed by atoms with Crippen molar-refractivity contribution in [2.24, 2.45) is 0 Å². The van der Waals surface area contributed by atoms with E-state index in [4.69, 9.17) is 0 Å². The molecule has 4 rings (SSSR count). The molecule has 0 fully saturated rings. The lowest BCUT2D eigenvalue weighted by Crippen LogP contribution is -2.26. The molecule has 0 saturated heterocycles. The lowest BCUT2D eigenvalue weighted by atomic mass is 9.94. The summed E-state index contributed by atoms with van der Waals surface area (Å²) in [6.45, 7) is 2.20. The molecule has 3 aromatic heterocycles. The second kappa shape index (κ2) is 6.02. The van der Waals surface area contributed by atoms with Gasteiger partial charge in [-0.15, -0.1) is 0 Å². The van der Waals surface area contributed by atoms with E-state index < -0.39 is 5.67 Å². The van der Waals surface area contributed by atoms with Crippen LogP contribution in [0.3, 0.4) is 0 Å². The molecule has 0 aromatic carbocycles. The van der Waals surface area contributed by atoms with Crippen molar-refractivity contribution < 1.29 is 4.39 Å². The Hall–Kier alpha value is -2.63. The first-order chi connectivity index (χ1) is 12.1. The maximum atomic E-state index is 14.7. The Morgan fingerprint density at radius 1 is 1.28 bits per heavy atom. The summed E-state index contributed by atoms with van der Waals surface area (Å²) >= 11 is 0. The van der Waals surface area contributed by atoms with Crippen LogP contribution in [0.25, 0.3) is 22.3 Å². The predicted molar refractivity (Wildman–Crippen MR) is 94.1 cm³/mol. The third-order valence-corrected chi connectivity index (χ3v) is 5.05. The van der Waals surface area contributed by atoms with Gasteiger partial charge in [0.1, 0.15) is 11.5 Å². The van der Waals surface area contributed by atoms with Crippen molar-refractivity contribution in [2.45, 2.75) is 44.8 Å². The van der Waals surface area contributed by atoms with E-state index in [2.05, 4.69) is 15.0 Å². The molecule has 0 saturated carbocycles. The topological polar surface area (TPSA) is 60.7 Å². The smallest absolute Gasteiger partial charge is 0.280 e. The van der Waals surface area contributed by atoms with E-state index >= 15 is 0 Å². The van der Waals surface area contributed by atoms with Gasteiger partial charge in [-0.05, 0) is 37.5 Å². The fourth-order valence-electron chi connectivity index (χ4n) is 3.37. The molecule has 0 amide bonds. The van der Waals surface area contributed by atoms with Crippen LogP contribution in [-0.2, 0) is 13.0 Å². The zero-order chi connectivity index (χ0) is 17.4. The Morgan fingerprint density at radius 2 is 2.16 bits per heavy atom. The number of aromatic nitrogens is 4. The molecule has 1 aliphatic heterocycles. The van der Waals surface area contributed by atoms with Gasteiger partial charge in [0.05, 0.1) is 11.2 Å². The predicted octanol–water partition coefficient (Wildman–Crippen LogP) is 3.31. The molecule has 1 atom stereocenters. The lowest BCUT2D eigenvalue weighted by Gasteiger charge is -2.20. The minimum Gasteiger partial charge on any atom is -0.295 e. The van der Waals surface area contributed by atoms with Gasteiger partial charge in [-0.3, -0.25) is 14.3 Å². The number of fused-ring (bicyclic) bond motifs is 2. The SMILES string of the molecule is CCC1(F)CCc2nc3cc(-c4ccccn4)cnc3c(=O)n2CC1. The summed E-state index contributed by atoms with van der Waals surface area (Å²) in [4.78, 5) is 26.1. The minimum atomic E-state index is -1.22. The zero-order valence-corrected chi connectivity index (χ0v) is 14.1. The molecular weight excluding hydrogens is 319 g/mol. The molecule has 6 heteroatoms. The number of nitrogens with zero attached hydrogens (tertiary/aromatic N) is 4. The Labute approximate surface area is 144 Å². The molecule has 5 nitrogen and oxygen atoms in total. The molecule has 4 heterocycles. The summed E-state index contributed by atoms with van der Waals surface area (Å²) in [7, 11) is 0. The lowest BCUT2D eigenvalue weighted by molar-refractivity contribution is 0.131. The molecule has 0 N–H and O–H groups in total. The first kappa shape index (κ1) is 15.9. The summed E-state index contributed by atoms with van der Waals surface area (Å²) < 4.78 is 16.3. The fourth-order valence-corrected chi connectivity index (χ4v) is 3.37. The van der Waals surface area contributed by atoms with Crippen molar-refractivity contribution >= 4 is 11.0 Å². The van der Waals surface area contributed by atoms with Crippen LogP contribution in [0.1, 0.15) is 32.0 Å². The highest BCUT2D eigenvalue weighted by Crippen LogP contribution is 2.30. The van der Waals surface area contributed by atoms with Gasteiger partial charge in [-0.25, -0.2) is 14.4 Å². The van der Waals surface area contributed by atoms with Crippen molar-refractivity contribution in [3.05, 3.63) is 52.8 Å². The monoisotopic (exact) mass is 338 g/mol. The van der Waals surface area contributed by atoms with Crippen molar-refractivity contribution in [3.8, 4) is 11.3 Å². The fraction of sp³-hybridized carbons (Fsp3) is 0.368. The van der Waals surface area contributed by atoms with E-state index in [0.29, 0.717) is 49.1 Å². The van der Waals surface area contributed by atoms with E-state index in [1.54, 1.807) is 17.0 Å². The maximum absolute atomic E-state index is 14.7.